The molecule has 1 aliphatic rings. The fourth-order valence-corrected chi connectivity index (χ4v) is 4.68. The van der Waals surface area contributed by atoms with Crippen LogP contribution in [0.1, 0.15) is 25.3 Å². The Balaban J connectivity index is 1.60. The van der Waals surface area contributed by atoms with E-state index in [9.17, 15) is 5.11 Å². The summed E-state index contributed by atoms with van der Waals surface area (Å²) in [6, 6.07) is 11.3. The Labute approximate surface area is 199 Å². The maximum atomic E-state index is 9.48. The molecule has 0 aliphatic carbocycles. The van der Waals surface area contributed by atoms with Gasteiger partial charge in [-0.1, -0.05) is 36.7 Å². The lowest BCUT2D eigenvalue weighted by atomic mass is 9.86. The van der Waals surface area contributed by atoms with Crippen LogP contribution in [-0.2, 0) is 6.54 Å². The molecule has 0 saturated carbocycles. The highest BCUT2D eigenvalue weighted by Gasteiger charge is 2.25. The van der Waals surface area contributed by atoms with Crippen LogP contribution < -0.4 is 15.0 Å². The van der Waals surface area contributed by atoms with Crippen molar-refractivity contribution >= 4 is 39.7 Å². The molecule has 2 heterocycles. The molecule has 1 atom stereocenters. The Kier molecular flexibility index (Phi) is 7.17. The number of fused-ring (bicyclic) bond motifs is 1. The molecule has 4 rings (SSSR count). The highest BCUT2D eigenvalue weighted by Crippen LogP contribution is 2.35. The van der Waals surface area contributed by atoms with Gasteiger partial charge in [0, 0.05) is 37.0 Å². The molecule has 0 spiro atoms. The van der Waals surface area contributed by atoms with Gasteiger partial charge in [0.15, 0.2) is 17.3 Å². The Morgan fingerprint density at radius 1 is 1.21 bits per heavy atom. The summed E-state index contributed by atoms with van der Waals surface area (Å²) in [5.74, 6) is 2.95. The van der Waals surface area contributed by atoms with Crippen molar-refractivity contribution in [3.05, 3.63) is 58.4 Å². The van der Waals surface area contributed by atoms with E-state index in [4.69, 9.17) is 22.9 Å². The number of hydrogen-bond acceptors (Lipinski definition) is 6. The summed E-state index contributed by atoms with van der Waals surface area (Å²) in [4.78, 5) is 5.86. The topological polar surface area (TPSA) is 74.9 Å². The lowest BCUT2D eigenvalue weighted by Gasteiger charge is -2.35. The van der Waals surface area contributed by atoms with Gasteiger partial charge in [0.25, 0.3) is 0 Å². The number of nitrogens with one attached hydrogen (secondary N) is 1. The third-order valence-electron chi connectivity index (χ3n) is 6.48. The Bertz CT molecular complexity index is 1170. The van der Waals surface area contributed by atoms with Crippen LogP contribution in [0.4, 0.5) is 17.3 Å². The quantitative estimate of drug-likeness (QED) is 0.461. The smallest absolute Gasteiger partial charge is 0.188 e. The minimum Gasteiger partial charge on any atom is -0.495 e. The number of piperidine rings is 1. The van der Waals surface area contributed by atoms with E-state index in [-0.39, 0.29) is 6.61 Å². The standard InChI is InChI=1S/C25H28ClN5O2/c1-16(15-32)18-8-10-31(11-9-18)25-20-6-5-19(27-2)13-21(20)24(29-30-25)28-14-17-4-7-23(33-3)22(26)12-17/h4-7,12-13,16,18,32H,8-11,14-15H2,1,3H3,(H,28,29). The molecule has 1 aliphatic heterocycles. The number of anilines is 2. The van der Waals surface area contributed by atoms with Gasteiger partial charge >= 0.3 is 0 Å². The van der Waals surface area contributed by atoms with Gasteiger partial charge in [0.1, 0.15) is 5.75 Å². The van der Waals surface area contributed by atoms with Crippen molar-refractivity contribution in [1.29, 1.82) is 0 Å². The molecule has 2 N–H and O–H groups in total. The van der Waals surface area contributed by atoms with Crippen LogP contribution in [0.3, 0.4) is 0 Å². The molecule has 0 radical (unpaired) electrons. The third-order valence-corrected chi connectivity index (χ3v) is 6.78. The zero-order chi connectivity index (χ0) is 23.4. The van der Waals surface area contributed by atoms with Crippen molar-refractivity contribution < 1.29 is 9.84 Å². The van der Waals surface area contributed by atoms with Crippen molar-refractivity contribution in [2.45, 2.75) is 26.3 Å². The first-order chi connectivity index (χ1) is 16.0. The number of hydrogen-bond donors (Lipinski definition) is 2. The van der Waals surface area contributed by atoms with E-state index in [1.165, 1.54) is 0 Å². The van der Waals surface area contributed by atoms with Gasteiger partial charge in [-0.15, -0.1) is 10.2 Å². The second-order valence-electron chi connectivity index (χ2n) is 8.52. The molecule has 1 unspecified atom stereocenters. The van der Waals surface area contributed by atoms with Gasteiger partial charge in [-0.25, -0.2) is 4.85 Å². The van der Waals surface area contributed by atoms with E-state index in [1.807, 2.05) is 36.4 Å². The number of methoxy groups -OCH3 is 1. The minimum absolute atomic E-state index is 0.229. The van der Waals surface area contributed by atoms with Crippen LogP contribution >= 0.6 is 11.6 Å². The summed E-state index contributed by atoms with van der Waals surface area (Å²) in [5, 5.41) is 24.3. The molecule has 1 fully saturated rings. The normalized spacial score (nSPS) is 15.3. The van der Waals surface area contributed by atoms with E-state index in [2.05, 4.69) is 32.2 Å². The van der Waals surface area contributed by atoms with Crippen LogP contribution in [-0.4, -0.2) is 42.1 Å². The molecule has 8 heteroatoms. The second-order valence-corrected chi connectivity index (χ2v) is 8.93. The highest BCUT2D eigenvalue weighted by atomic mass is 35.5. The van der Waals surface area contributed by atoms with Gasteiger partial charge in [-0.05, 0) is 48.4 Å². The molecular formula is C25H28ClN5O2. The lowest BCUT2D eigenvalue weighted by Crippen LogP contribution is -2.37. The van der Waals surface area contributed by atoms with Crippen LogP contribution in [0.5, 0.6) is 5.75 Å². The number of rotatable bonds is 7. The number of aliphatic hydroxyl groups excluding tert-OH is 1. The fourth-order valence-electron chi connectivity index (χ4n) is 4.40. The molecule has 1 saturated heterocycles. The van der Waals surface area contributed by atoms with Crippen LogP contribution in [0, 0.1) is 18.4 Å². The molecular weight excluding hydrogens is 438 g/mol. The van der Waals surface area contributed by atoms with E-state index >= 15 is 0 Å². The average Bonchev–Trinajstić information content (AvgIpc) is 2.86. The minimum atomic E-state index is 0.229. The molecule has 1 aromatic heterocycles. The summed E-state index contributed by atoms with van der Waals surface area (Å²) in [7, 11) is 1.59. The molecule has 0 amide bonds. The van der Waals surface area contributed by atoms with Gasteiger partial charge in [0.2, 0.25) is 0 Å². The fraction of sp³-hybridized carbons (Fsp3) is 0.400. The predicted octanol–water partition coefficient (Wildman–Crippen LogP) is 5.30. The summed E-state index contributed by atoms with van der Waals surface area (Å²) in [5.41, 5.74) is 1.55. The third kappa shape index (κ3) is 4.97. The van der Waals surface area contributed by atoms with Crippen molar-refractivity contribution in [1.82, 2.24) is 10.2 Å². The number of aromatic nitrogens is 2. The van der Waals surface area contributed by atoms with Crippen LogP contribution in [0.25, 0.3) is 15.6 Å². The second kappa shape index (κ2) is 10.2. The first-order valence-corrected chi connectivity index (χ1v) is 11.5. The predicted molar refractivity (Wildman–Crippen MR) is 132 cm³/mol. The monoisotopic (exact) mass is 465 g/mol. The van der Waals surface area contributed by atoms with E-state index in [1.54, 1.807) is 7.11 Å². The van der Waals surface area contributed by atoms with E-state index < -0.39 is 0 Å². The number of benzene rings is 2. The van der Waals surface area contributed by atoms with Gasteiger partial charge in [-0.2, -0.15) is 0 Å². The first kappa shape index (κ1) is 23.1. The maximum absolute atomic E-state index is 9.48. The number of aliphatic hydroxyl groups is 1. The molecule has 0 bridgehead atoms. The van der Waals surface area contributed by atoms with Crippen LogP contribution in [0.15, 0.2) is 36.4 Å². The molecule has 33 heavy (non-hydrogen) atoms. The number of ether oxygens (including phenoxy) is 1. The number of nitrogens with zero attached hydrogens (tertiary/aromatic N) is 4. The van der Waals surface area contributed by atoms with Crippen LogP contribution in [0.2, 0.25) is 5.02 Å². The lowest BCUT2D eigenvalue weighted by molar-refractivity contribution is 0.170. The van der Waals surface area contributed by atoms with Gasteiger partial charge < -0.3 is 20.1 Å². The first-order valence-electron chi connectivity index (χ1n) is 11.1. The van der Waals surface area contributed by atoms with Gasteiger partial charge in [-0.3, -0.25) is 0 Å². The summed E-state index contributed by atoms with van der Waals surface area (Å²) in [6.07, 6.45) is 2.03. The van der Waals surface area contributed by atoms with E-state index in [0.717, 1.165) is 48.1 Å². The van der Waals surface area contributed by atoms with Gasteiger partial charge in [0.05, 0.1) is 18.7 Å². The molecule has 172 valence electrons. The van der Waals surface area contributed by atoms with E-state index in [0.29, 0.717) is 40.7 Å². The SMILES string of the molecule is [C-]#[N+]c1ccc2c(N3CCC(C(C)CO)CC3)nnc(NCc3ccc(OC)c(Cl)c3)c2c1. The summed E-state index contributed by atoms with van der Waals surface area (Å²) < 4.78 is 5.22. The molecule has 3 aromatic rings. The maximum Gasteiger partial charge on any atom is 0.188 e. The Morgan fingerprint density at radius 2 is 2.00 bits per heavy atom. The van der Waals surface area contributed by atoms with Crippen molar-refractivity contribution in [2.75, 3.05) is 37.0 Å². The van der Waals surface area contributed by atoms with Crippen molar-refractivity contribution in [2.24, 2.45) is 11.8 Å². The van der Waals surface area contributed by atoms with Crippen molar-refractivity contribution in [3.8, 4) is 5.75 Å². The average molecular weight is 466 g/mol. The summed E-state index contributed by atoms with van der Waals surface area (Å²) >= 11 is 6.26. The number of halogens is 1. The largest absolute Gasteiger partial charge is 0.495 e. The zero-order valence-electron chi connectivity index (χ0n) is 18.9. The Morgan fingerprint density at radius 3 is 2.67 bits per heavy atom. The Hall–Kier alpha value is -3.08. The zero-order valence-corrected chi connectivity index (χ0v) is 19.6. The highest BCUT2D eigenvalue weighted by molar-refractivity contribution is 6.32. The van der Waals surface area contributed by atoms with Crippen molar-refractivity contribution in [3.63, 3.8) is 0 Å². The molecule has 2 aromatic carbocycles. The molecule has 7 nitrogen and oxygen atoms in total. The summed E-state index contributed by atoms with van der Waals surface area (Å²) in [6.45, 7) is 12.0.